The minimum absolute atomic E-state index is 0.0122. The van der Waals surface area contributed by atoms with Gasteiger partial charge in [-0.3, -0.25) is 14.5 Å². The fourth-order valence-electron chi connectivity index (χ4n) is 4.63. The summed E-state index contributed by atoms with van der Waals surface area (Å²) in [7, 11) is 0. The first-order chi connectivity index (χ1) is 18.3. The Labute approximate surface area is 230 Å². The number of anilines is 1. The number of fused-ring (bicyclic) bond motifs is 2. The lowest BCUT2D eigenvalue weighted by atomic mass is 9.98. The molecule has 0 fully saturated rings. The zero-order valence-electron chi connectivity index (χ0n) is 21.8. The molecule has 1 atom stereocenters. The number of aromatic nitrogens is 1. The molecule has 1 amide bonds. The molecule has 198 valence electrons. The highest BCUT2D eigenvalue weighted by Gasteiger charge is 2.45. The molecule has 5 rings (SSSR count). The van der Waals surface area contributed by atoms with Crippen LogP contribution in [-0.2, 0) is 0 Å². The van der Waals surface area contributed by atoms with Crippen molar-refractivity contribution in [1.82, 2.24) is 4.98 Å². The summed E-state index contributed by atoms with van der Waals surface area (Å²) in [4.78, 5) is 34.9. The second-order valence-corrected chi connectivity index (χ2v) is 10.8. The first kappa shape index (κ1) is 26.3. The van der Waals surface area contributed by atoms with Crippen LogP contribution in [0.5, 0.6) is 11.5 Å². The van der Waals surface area contributed by atoms with Gasteiger partial charge >= 0.3 is 0 Å². The summed E-state index contributed by atoms with van der Waals surface area (Å²) in [6.07, 6.45) is 3.13. The fraction of sp³-hybridized carbons (Fsp3) is 0.345. The zero-order valence-corrected chi connectivity index (χ0v) is 23.4. The van der Waals surface area contributed by atoms with Crippen molar-refractivity contribution in [2.24, 2.45) is 0 Å². The lowest BCUT2D eigenvalue weighted by Gasteiger charge is -2.23. The molecular weight excluding hydrogens is 524 g/mol. The predicted molar refractivity (Wildman–Crippen MR) is 150 cm³/mol. The molecule has 7 nitrogen and oxygen atoms in total. The van der Waals surface area contributed by atoms with E-state index in [9.17, 15) is 9.59 Å². The molecule has 9 heteroatoms. The average molecular weight is 553 g/mol. The average Bonchev–Trinajstić information content (AvgIpc) is 3.38. The van der Waals surface area contributed by atoms with Gasteiger partial charge in [0.2, 0.25) is 5.76 Å². The molecular formula is C29H29ClN2O5S. The van der Waals surface area contributed by atoms with Gasteiger partial charge in [-0.25, -0.2) is 4.98 Å². The number of carbonyl (C=O) groups is 1. The van der Waals surface area contributed by atoms with E-state index in [2.05, 4.69) is 11.9 Å². The van der Waals surface area contributed by atoms with Crippen LogP contribution >= 0.6 is 22.9 Å². The molecule has 0 spiro atoms. The van der Waals surface area contributed by atoms with Crippen LogP contribution in [0.1, 0.15) is 71.4 Å². The van der Waals surface area contributed by atoms with Gasteiger partial charge in [-0.1, -0.05) is 37.4 Å². The van der Waals surface area contributed by atoms with E-state index in [-0.39, 0.29) is 16.8 Å². The van der Waals surface area contributed by atoms with Gasteiger partial charge in [-0.05, 0) is 63.1 Å². The van der Waals surface area contributed by atoms with Crippen molar-refractivity contribution in [3.63, 3.8) is 0 Å². The van der Waals surface area contributed by atoms with Gasteiger partial charge in [0.15, 0.2) is 22.1 Å². The van der Waals surface area contributed by atoms with Gasteiger partial charge in [0.1, 0.15) is 5.58 Å². The Bertz CT molecular complexity index is 1560. The normalized spacial score (nSPS) is 14.8. The highest BCUT2D eigenvalue weighted by Crippen LogP contribution is 2.44. The van der Waals surface area contributed by atoms with Crippen LogP contribution in [0.15, 0.2) is 45.6 Å². The number of hydrogen-bond acceptors (Lipinski definition) is 7. The van der Waals surface area contributed by atoms with Crippen molar-refractivity contribution >= 4 is 44.9 Å². The Hall–Kier alpha value is -3.36. The largest absolute Gasteiger partial charge is 0.490 e. The topological polar surface area (TPSA) is 81.9 Å². The number of rotatable bonds is 9. The highest BCUT2D eigenvalue weighted by atomic mass is 35.5. The summed E-state index contributed by atoms with van der Waals surface area (Å²) in [5.41, 5.74) is 1.79. The van der Waals surface area contributed by atoms with Crippen molar-refractivity contribution in [1.29, 1.82) is 0 Å². The zero-order chi connectivity index (χ0) is 27.0. The third-order valence-corrected chi connectivity index (χ3v) is 7.95. The molecule has 0 saturated heterocycles. The Kier molecular flexibility index (Phi) is 7.45. The first-order valence-corrected chi connectivity index (χ1v) is 14.0. The third kappa shape index (κ3) is 4.67. The van der Waals surface area contributed by atoms with Crippen molar-refractivity contribution in [2.45, 2.75) is 53.0 Å². The van der Waals surface area contributed by atoms with E-state index in [0.717, 1.165) is 29.8 Å². The minimum Gasteiger partial charge on any atom is -0.490 e. The van der Waals surface area contributed by atoms with E-state index in [1.807, 2.05) is 39.0 Å². The Morgan fingerprint density at radius 3 is 2.58 bits per heavy atom. The summed E-state index contributed by atoms with van der Waals surface area (Å²) in [5, 5.41) is 1.24. The van der Waals surface area contributed by atoms with Crippen molar-refractivity contribution in [2.75, 3.05) is 18.1 Å². The Morgan fingerprint density at radius 2 is 1.87 bits per heavy atom. The molecule has 1 unspecified atom stereocenters. The fourth-order valence-corrected chi connectivity index (χ4v) is 5.74. The van der Waals surface area contributed by atoms with E-state index in [1.54, 1.807) is 23.1 Å². The van der Waals surface area contributed by atoms with Crippen LogP contribution in [0.25, 0.3) is 11.0 Å². The van der Waals surface area contributed by atoms with Crippen molar-refractivity contribution in [3.8, 4) is 11.5 Å². The number of nitrogens with zero attached hydrogens (tertiary/aromatic N) is 2. The van der Waals surface area contributed by atoms with E-state index < -0.39 is 11.9 Å². The Morgan fingerprint density at radius 1 is 1.05 bits per heavy atom. The lowest BCUT2D eigenvalue weighted by Crippen LogP contribution is -2.29. The first-order valence-electron chi connectivity index (χ1n) is 12.8. The molecule has 0 saturated carbocycles. The van der Waals surface area contributed by atoms with Crippen LogP contribution < -0.4 is 19.8 Å². The Balaban J connectivity index is 1.68. The number of thiazole rings is 1. The molecule has 2 aromatic carbocycles. The number of carbonyl (C=O) groups excluding carboxylic acids is 1. The van der Waals surface area contributed by atoms with E-state index >= 15 is 0 Å². The van der Waals surface area contributed by atoms with Crippen molar-refractivity contribution < 1.29 is 18.7 Å². The minimum atomic E-state index is -0.754. The molecule has 1 aliphatic heterocycles. The molecule has 1 aliphatic rings. The van der Waals surface area contributed by atoms with Crippen LogP contribution in [0, 0.1) is 13.8 Å². The quantitative estimate of drug-likeness (QED) is 0.204. The van der Waals surface area contributed by atoms with Crippen molar-refractivity contribution in [3.05, 3.63) is 79.1 Å². The maximum atomic E-state index is 13.9. The van der Waals surface area contributed by atoms with E-state index in [0.29, 0.717) is 51.4 Å². The van der Waals surface area contributed by atoms with Gasteiger partial charge in [-0.2, -0.15) is 0 Å². The second kappa shape index (κ2) is 10.8. The molecule has 0 aliphatic carbocycles. The number of hydrogen-bond donors (Lipinski definition) is 0. The smallest absolute Gasteiger partial charge is 0.297 e. The van der Waals surface area contributed by atoms with E-state index in [4.69, 9.17) is 25.5 Å². The van der Waals surface area contributed by atoms with Gasteiger partial charge in [-0.15, -0.1) is 11.3 Å². The number of aryl methyl sites for hydroxylation is 2. The molecule has 4 aromatic rings. The molecule has 0 N–H and O–H groups in total. The van der Waals surface area contributed by atoms with Crippen LogP contribution in [0.2, 0.25) is 5.02 Å². The molecule has 3 heterocycles. The lowest BCUT2D eigenvalue weighted by molar-refractivity contribution is 0.0971. The number of amides is 1. The van der Waals surface area contributed by atoms with Crippen LogP contribution in [0.4, 0.5) is 5.13 Å². The number of halogens is 1. The van der Waals surface area contributed by atoms with E-state index in [1.165, 1.54) is 11.3 Å². The molecule has 2 aromatic heterocycles. The number of benzene rings is 2. The summed E-state index contributed by atoms with van der Waals surface area (Å²) >= 11 is 7.61. The van der Waals surface area contributed by atoms with Gasteiger partial charge in [0.05, 0.1) is 35.9 Å². The summed E-state index contributed by atoms with van der Waals surface area (Å²) in [6.45, 7) is 8.92. The molecule has 0 radical (unpaired) electrons. The number of unbranched alkanes of at least 4 members (excludes halogenated alkanes) is 2. The molecule has 0 bridgehead atoms. The molecule has 38 heavy (non-hydrogen) atoms. The van der Waals surface area contributed by atoms with Gasteiger partial charge < -0.3 is 13.9 Å². The van der Waals surface area contributed by atoms with Gasteiger partial charge in [0.25, 0.3) is 5.91 Å². The summed E-state index contributed by atoms with van der Waals surface area (Å²) in [5.74, 6) is 0.784. The summed E-state index contributed by atoms with van der Waals surface area (Å²) in [6, 6.07) is 9.61. The second-order valence-electron chi connectivity index (χ2n) is 9.22. The van der Waals surface area contributed by atoms with Crippen LogP contribution in [0.3, 0.4) is 0 Å². The maximum absolute atomic E-state index is 13.9. The maximum Gasteiger partial charge on any atom is 0.297 e. The highest BCUT2D eigenvalue weighted by molar-refractivity contribution is 7.15. The third-order valence-electron chi connectivity index (χ3n) is 6.64. The van der Waals surface area contributed by atoms with Crippen LogP contribution in [-0.4, -0.2) is 24.1 Å². The summed E-state index contributed by atoms with van der Waals surface area (Å²) < 4.78 is 18.0. The standard InChI is InChI=1S/C29H29ClN2O5S/c1-5-7-8-13-36-22-11-9-18(14-23(22)35-6-2)25-24-26(33)20-15-19(30)10-12-21(20)37-27(24)28(34)32(25)29-31-16(3)17(4)38-29/h9-12,14-15,25H,5-8,13H2,1-4H3. The monoisotopic (exact) mass is 552 g/mol. The SMILES string of the molecule is CCCCCOc1ccc(C2c3c(oc4ccc(Cl)cc4c3=O)C(=O)N2c2nc(C)c(C)s2)cc1OCC. The predicted octanol–water partition coefficient (Wildman–Crippen LogP) is 7.24. The van der Waals surface area contributed by atoms with Gasteiger partial charge in [0, 0.05) is 9.90 Å². The number of ether oxygens (including phenoxy) is 2.